The van der Waals surface area contributed by atoms with Crippen molar-refractivity contribution in [2.24, 2.45) is 5.73 Å². The maximum absolute atomic E-state index is 13.1. The van der Waals surface area contributed by atoms with Gasteiger partial charge in [-0.3, -0.25) is 0 Å². The lowest BCUT2D eigenvalue weighted by atomic mass is 10.0. The quantitative estimate of drug-likeness (QED) is 0.678. The summed E-state index contributed by atoms with van der Waals surface area (Å²) in [5.41, 5.74) is 6.56. The largest absolute Gasteiger partial charge is 0.396 e. The molecular weight excluding hydrogens is 219 g/mol. The molecule has 3 nitrogen and oxygen atoms in total. The van der Waals surface area contributed by atoms with Gasteiger partial charge in [0.15, 0.2) is 0 Å². The second kappa shape index (κ2) is 7.37. The van der Waals surface area contributed by atoms with E-state index in [1.165, 1.54) is 12.1 Å². The van der Waals surface area contributed by atoms with E-state index in [2.05, 4.69) is 5.32 Å². The summed E-state index contributed by atoms with van der Waals surface area (Å²) in [6.45, 7) is 2.60. The van der Waals surface area contributed by atoms with Crippen molar-refractivity contribution in [3.05, 3.63) is 35.6 Å². The van der Waals surface area contributed by atoms with Crippen molar-refractivity contribution in [1.29, 1.82) is 0 Å². The Morgan fingerprint density at radius 2 is 2.24 bits per heavy atom. The molecule has 4 N–H and O–H groups in total. The van der Waals surface area contributed by atoms with Gasteiger partial charge in [0.05, 0.1) is 0 Å². The van der Waals surface area contributed by atoms with Crippen LogP contribution in [0.1, 0.15) is 31.4 Å². The van der Waals surface area contributed by atoms with E-state index in [1.54, 1.807) is 6.07 Å². The van der Waals surface area contributed by atoms with Gasteiger partial charge < -0.3 is 16.2 Å². The van der Waals surface area contributed by atoms with Crippen molar-refractivity contribution in [2.75, 3.05) is 13.2 Å². The van der Waals surface area contributed by atoms with Crippen LogP contribution in [0, 0.1) is 5.82 Å². The molecule has 0 amide bonds. The van der Waals surface area contributed by atoms with Crippen LogP contribution in [-0.2, 0) is 0 Å². The van der Waals surface area contributed by atoms with Crippen molar-refractivity contribution in [3.63, 3.8) is 0 Å². The van der Waals surface area contributed by atoms with Crippen LogP contribution < -0.4 is 11.1 Å². The van der Waals surface area contributed by atoms with Gasteiger partial charge in [-0.05, 0) is 30.5 Å². The van der Waals surface area contributed by atoms with Crippen molar-refractivity contribution < 1.29 is 9.50 Å². The van der Waals surface area contributed by atoms with Crippen LogP contribution in [0.25, 0.3) is 0 Å². The second-order valence-corrected chi connectivity index (χ2v) is 4.13. The number of hydrogen-bond acceptors (Lipinski definition) is 3. The first-order valence-electron chi connectivity index (χ1n) is 6.03. The Morgan fingerprint density at radius 1 is 1.47 bits per heavy atom. The topological polar surface area (TPSA) is 58.3 Å². The van der Waals surface area contributed by atoms with Crippen molar-refractivity contribution in [1.82, 2.24) is 5.32 Å². The summed E-state index contributed by atoms with van der Waals surface area (Å²) in [6, 6.07) is 6.60. The molecule has 0 radical (unpaired) electrons. The van der Waals surface area contributed by atoms with Gasteiger partial charge in [-0.1, -0.05) is 19.1 Å². The molecule has 0 heterocycles. The molecule has 0 fully saturated rings. The highest BCUT2D eigenvalue weighted by Gasteiger charge is 2.14. The molecule has 0 aliphatic heterocycles. The molecule has 2 atom stereocenters. The van der Waals surface area contributed by atoms with Gasteiger partial charge >= 0.3 is 0 Å². The van der Waals surface area contributed by atoms with Crippen LogP contribution in [0.5, 0.6) is 0 Å². The van der Waals surface area contributed by atoms with E-state index in [0.717, 1.165) is 12.0 Å². The van der Waals surface area contributed by atoms with E-state index < -0.39 is 0 Å². The molecule has 0 aromatic heterocycles. The molecular formula is C13H21FN2O. The standard InChI is InChI=1S/C13H21FN2O/c1-2-12(6-7-17)16-13(9-15)10-4-3-5-11(14)8-10/h3-5,8,12-13,16-17H,2,6-7,9,15H2,1H3. The minimum Gasteiger partial charge on any atom is -0.396 e. The minimum absolute atomic E-state index is 0.0674. The average Bonchev–Trinajstić information content (AvgIpc) is 2.34. The lowest BCUT2D eigenvalue weighted by molar-refractivity contribution is 0.255. The van der Waals surface area contributed by atoms with Gasteiger partial charge in [0.25, 0.3) is 0 Å². The number of halogens is 1. The number of hydrogen-bond donors (Lipinski definition) is 3. The molecule has 0 saturated heterocycles. The van der Waals surface area contributed by atoms with Crippen LogP contribution >= 0.6 is 0 Å². The normalized spacial score (nSPS) is 14.6. The minimum atomic E-state index is -0.252. The molecule has 0 aliphatic rings. The summed E-state index contributed by atoms with van der Waals surface area (Å²) in [5, 5.41) is 12.3. The maximum atomic E-state index is 13.1. The lowest BCUT2D eigenvalue weighted by Crippen LogP contribution is -2.37. The Hall–Kier alpha value is -0.970. The summed E-state index contributed by atoms with van der Waals surface area (Å²) < 4.78 is 13.1. The molecule has 0 bridgehead atoms. The van der Waals surface area contributed by atoms with Crippen LogP contribution in [0.15, 0.2) is 24.3 Å². The molecule has 96 valence electrons. The Labute approximate surface area is 102 Å². The second-order valence-electron chi connectivity index (χ2n) is 4.13. The molecule has 17 heavy (non-hydrogen) atoms. The lowest BCUT2D eigenvalue weighted by Gasteiger charge is -2.24. The smallest absolute Gasteiger partial charge is 0.123 e. The number of nitrogens with two attached hydrogens (primary N) is 1. The van der Waals surface area contributed by atoms with Crippen LogP contribution in [0.3, 0.4) is 0 Å². The predicted octanol–water partition coefficient (Wildman–Crippen LogP) is 1.58. The first-order chi connectivity index (χ1) is 8.21. The highest BCUT2D eigenvalue weighted by molar-refractivity contribution is 5.20. The van der Waals surface area contributed by atoms with Gasteiger partial charge in [0, 0.05) is 25.2 Å². The third-order valence-corrected chi connectivity index (χ3v) is 2.89. The Bertz CT molecular complexity index is 333. The fraction of sp³-hybridized carbons (Fsp3) is 0.538. The van der Waals surface area contributed by atoms with Crippen molar-refractivity contribution >= 4 is 0 Å². The molecule has 0 aliphatic carbocycles. The van der Waals surface area contributed by atoms with E-state index in [-0.39, 0.29) is 24.5 Å². The maximum Gasteiger partial charge on any atom is 0.123 e. The fourth-order valence-corrected chi connectivity index (χ4v) is 1.87. The summed E-state index contributed by atoms with van der Waals surface area (Å²) >= 11 is 0. The first kappa shape index (κ1) is 14.1. The third-order valence-electron chi connectivity index (χ3n) is 2.89. The van der Waals surface area contributed by atoms with E-state index in [0.29, 0.717) is 13.0 Å². The molecule has 2 unspecified atom stereocenters. The molecule has 4 heteroatoms. The highest BCUT2D eigenvalue weighted by atomic mass is 19.1. The summed E-state index contributed by atoms with van der Waals surface area (Å²) in [4.78, 5) is 0. The Kier molecular flexibility index (Phi) is 6.11. The van der Waals surface area contributed by atoms with E-state index in [9.17, 15) is 4.39 Å². The average molecular weight is 240 g/mol. The van der Waals surface area contributed by atoms with Crippen molar-refractivity contribution in [3.8, 4) is 0 Å². The SMILES string of the molecule is CCC(CCO)NC(CN)c1cccc(F)c1. The third kappa shape index (κ3) is 4.42. The molecule has 0 saturated carbocycles. The van der Waals surface area contributed by atoms with Gasteiger partial charge in [-0.2, -0.15) is 0 Å². The summed E-state index contributed by atoms with van der Waals surface area (Å²) in [6.07, 6.45) is 1.59. The Morgan fingerprint density at radius 3 is 2.76 bits per heavy atom. The number of nitrogens with one attached hydrogen (secondary N) is 1. The predicted molar refractivity (Wildman–Crippen MR) is 67.1 cm³/mol. The summed E-state index contributed by atoms with van der Waals surface area (Å²) in [5.74, 6) is -0.252. The molecule has 1 aromatic rings. The number of benzene rings is 1. The van der Waals surface area contributed by atoms with Gasteiger partial charge in [0.2, 0.25) is 0 Å². The molecule has 0 spiro atoms. The van der Waals surface area contributed by atoms with Crippen LogP contribution in [-0.4, -0.2) is 24.3 Å². The number of aliphatic hydroxyl groups excluding tert-OH is 1. The monoisotopic (exact) mass is 240 g/mol. The van der Waals surface area contributed by atoms with Gasteiger partial charge in [0.1, 0.15) is 5.82 Å². The number of rotatable bonds is 7. The molecule has 1 rings (SSSR count). The van der Waals surface area contributed by atoms with E-state index in [4.69, 9.17) is 10.8 Å². The summed E-state index contributed by atoms with van der Waals surface area (Å²) in [7, 11) is 0. The first-order valence-corrected chi connectivity index (χ1v) is 6.03. The number of aliphatic hydroxyl groups is 1. The van der Waals surface area contributed by atoms with Gasteiger partial charge in [-0.15, -0.1) is 0 Å². The van der Waals surface area contributed by atoms with Crippen LogP contribution in [0.2, 0.25) is 0 Å². The van der Waals surface area contributed by atoms with Gasteiger partial charge in [-0.25, -0.2) is 4.39 Å². The van der Waals surface area contributed by atoms with E-state index in [1.807, 2.05) is 13.0 Å². The van der Waals surface area contributed by atoms with Crippen molar-refractivity contribution in [2.45, 2.75) is 31.8 Å². The Balaban J connectivity index is 2.70. The highest BCUT2D eigenvalue weighted by Crippen LogP contribution is 2.15. The van der Waals surface area contributed by atoms with E-state index >= 15 is 0 Å². The zero-order valence-corrected chi connectivity index (χ0v) is 10.2. The zero-order chi connectivity index (χ0) is 12.7. The fourth-order valence-electron chi connectivity index (χ4n) is 1.87. The molecule has 1 aromatic carbocycles. The van der Waals surface area contributed by atoms with Crippen LogP contribution in [0.4, 0.5) is 4.39 Å². The zero-order valence-electron chi connectivity index (χ0n) is 10.2.